The third kappa shape index (κ3) is 5.06. The Balaban J connectivity index is 1.84. The van der Waals surface area contributed by atoms with Gasteiger partial charge in [-0.15, -0.1) is 11.3 Å². The number of aromatic nitrogens is 1. The van der Waals surface area contributed by atoms with Crippen molar-refractivity contribution in [3.8, 4) is 0 Å². The largest absolute Gasteiger partial charge is 0.424 e. The average molecular weight is 434 g/mol. The molecule has 158 valence electrons. The van der Waals surface area contributed by atoms with E-state index in [4.69, 9.17) is 0 Å². The maximum atomic E-state index is 13.7. The predicted octanol–water partition coefficient (Wildman–Crippen LogP) is 4.69. The van der Waals surface area contributed by atoms with Crippen LogP contribution in [-0.2, 0) is 16.8 Å². The molecule has 0 spiro atoms. The van der Waals surface area contributed by atoms with Crippen molar-refractivity contribution >= 4 is 17.2 Å². The molecule has 3 aromatic rings. The Bertz CT molecular complexity index is 977. The smallest absolute Gasteiger partial charge is 0.374 e. The highest BCUT2D eigenvalue weighted by molar-refractivity contribution is 7.09. The topological polar surface area (TPSA) is 62.2 Å². The standard InChI is InChI=1S/C22H21F3N2O2S/c1-15-14-30-20(26-15)21(29,22(23,24)25)13-19(28)27-18(17-10-6-3-7-11-17)12-16-8-4-2-5-9-16/h2-11,14,18,29H,12-13H2,1H3,(H,27,28). The Morgan fingerprint density at radius 3 is 2.23 bits per heavy atom. The van der Waals surface area contributed by atoms with Crippen molar-refractivity contribution < 1.29 is 23.1 Å². The van der Waals surface area contributed by atoms with E-state index >= 15 is 0 Å². The number of hydrogen-bond acceptors (Lipinski definition) is 4. The van der Waals surface area contributed by atoms with Crippen LogP contribution in [0.3, 0.4) is 0 Å². The summed E-state index contributed by atoms with van der Waals surface area (Å²) in [5.74, 6) is -0.910. The molecule has 0 saturated carbocycles. The fourth-order valence-corrected chi connectivity index (χ4v) is 4.02. The second-order valence-corrected chi connectivity index (χ2v) is 7.91. The van der Waals surface area contributed by atoms with Gasteiger partial charge in [0.1, 0.15) is 5.01 Å². The molecular weight excluding hydrogens is 413 g/mol. The minimum Gasteiger partial charge on any atom is -0.374 e. The number of nitrogens with one attached hydrogen (secondary N) is 1. The minimum absolute atomic E-state index is 0.351. The number of amides is 1. The van der Waals surface area contributed by atoms with Gasteiger partial charge in [0.05, 0.1) is 12.5 Å². The van der Waals surface area contributed by atoms with Crippen LogP contribution in [0, 0.1) is 6.92 Å². The minimum atomic E-state index is -5.05. The van der Waals surface area contributed by atoms with Crippen LogP contribution in [0.4, 0.5) is 13.2 Å². The lowest BCUT2D eigenvalue weighted by Crippen LogP contribution is -2.46. The fourth-order valence-electron chi connectivity index (χ4n) is 3.11. The van der Waals surface area contributed by atoms with Crippen molar-refractivity contribution in [2.24, 2.45) is 0 Å². The van der Waals surface area contributed by atoms with Crippen LogP contribution in [0.5, 0.6) is 0 Å². The number of halogens is 3. The van der Waals surface area contributed by atoms with Crippen molar-refractivity contribution in [1.82, 2.24) is 10.3 Å². The summed E-state index contributed by atoms with van der Waals surface area (Å²) in [4.78, 5) is 16.4. The van der Waals surface area contributed by atoms with Crippen LogP contribution in [0.2, 0.25) is 0 Å². The third-order valence-corrected chi connectivity index (χ3v) is 5.79. The van der Waals surface area contributed by atoms with E-state index in [0.29, 0.717) is 23.5 Å². The van der Waals surface area contributed by atoms with Crippen LogP contribution in [0.15, 0.2) is 66.0 Å². The molecule has 4 nitrogen and oxygen atoms in total. The van der Waals surface area contributed by atoms with Crippen molar-refractivity contribution in [2.75, 3.05) is 0 Å². The van der Waals surface area contributed by atoms with E-state index in [1.54, 1.807) is 24.3 Å². The molecule has 1 amide bonds. The number of carbonyl (C=O) groups excluding carboxylic acids is 1. The Morgan fingerprint density at radius 2 is 1.70 bits per heavy atom. The summed E-state index contributed by atoms with van der Waals surface area (Å²) >= 11 is 0.682. The van der Waals surface area contributed by atoms with E-state index in [2.05, 4.69) is 10.3 Å². The van der Waals surface area contributed by atoms with E-state index in [1.165, 1.54) is 12.3 Å². The molecule has 1 heterocycles. The van der Waals surface area contributed by atoms with E-state index in [1.807, 2.05) is 36.4 Å². The predicted molar refractivity (Wildman–Crippen MR) is 109 cm³/mol. The second-order valence-electron chi connectivity index (χ2n) is 7.05. The van der Waals surface area contributed by atoms with Gasteiger partial charge >= 0.3 is 6.18 Å². The summed E-state index contributed by atoms with van der Waals surface area (Å²) in [6, 6.07) is 17.8. The summed E-state index contributed by atoms with van der Waals surface area (Å²) in [6.45, 7) is 1.53. The van der Waals surface area contributed by atoms with E-state index in [9.17, 15) is 23.1 Å². The molecule has 3 rings (SSSR count). The molecule has 0 radical (unpaired) electrons. The molecule has 8 heteroatoms. The number of hydrogen-bond donors (Lipinski definition) is 2. The van der Waals surface area contributed by atoms with Crippen LogP contribution in [0.25, 0.3) is 0 Å². The van der Waals surface area contributed by atoms with Gasteiger partial charge in [-0.05, 0) is 24.5 Å². The van der Waals surface area contributed by atoms with Gasteiger partial charge in [-0.2, -0.15) is 13.2 Å². The van der Waals surface area contributed by atoms with E-state index < -0.39 is 35.2 Å². The lowest BCUT2D eigenvalue weighted by atomic mass is 9.96. The number of nitrogens with zero attached hydrogens (tertiary/aromatic N) is 1. The number of thiazole rings is 1. The van der Waals surface area contributed by atoms with Gasteiger partial charge in [-0.1, -0.05) is 60.7 Å². The number of aliphatic hydroxyl groups is 1. The maximum Gasteiger partial charge on any atom is 0.424 e. The van der Waals surface area contributed by atoms with Crippen LogP contribution < -0.4 is 5.32 Å². The number of alkyl halides is 3. The SMILES string of the molecule is Cc1csc(C(O)(CC(=O)NC(Cc2ccccc2)c2ccccc2)C(F)(F)F)n1. The molecule has 30 heavy (non-hydrogen) atoms. The maximum absolute atomic E-state index is 13.7. The van der Waals surface area contributed by atoms with Crippen molar-refractivity contribution in [3.05, 3.63) is 87.9 Å². The lowest BCUT2D eigenvalue weighted by Gasteiger charge is -2.29. The zero-order chi connectivity index (χ0) is 21.8. The highest BCUT2D eigenvalue weighted by Gasteiger charge is 2.58. The molecule has 1 aromatic heterocycles. The molecule has 2 unspecified atom stereocenters. The van der Waals surface area contributed by atoms with Crippen molar-refractivity contribution in [1.29, 1.82) is 0 Å². The summed E-state index contributed by atoms with van der Waals surface area (Å²) in [7, 11) is 0. The first kappa shape index (κ1) is 22.0. The Morgan fingerprint density at radius 1 is 1.10 bits per heavy atom. The zero-order valence-electron chi connectivity index (χ0n) is 16.2. The highest BCUT2D eigenvalue weighted by Crippen LogP contribution is 2.43. The molecule has 2 N–H and O–H groups in total. The number of aryl methyl sites for hydroxylation is 1. The fraction of sp³-hybridized carbons (Fsp3) is 0.273. The molecule has 0 aliphatic carbocycles. The number of carbonyl (C=O) groups is 1. The van der Waals surface area contributed by atoms with Gasteiger partial charge in [0.25, 0.3) is 0 Å². The third-order valence-electron chi connectivity index (χ3n) is 4.68. The molecule has 2 atom stereocenters. The van der Waals surface area contributed by atoms with Crippen molar-refractivity contribution in [2.45, 2.75) is 37.6 Å². The van der Waals surface area contributed by atoms with Gasteiger partial charge in [-0.3, -0.25) is 4.79 Å². The molecular formula is C22H21F3N2O2S. The Labute approximate surface area is 176 Å². The molecule has 0 bridgehead atoms. The summed E-state index contributed by atoms with van der Waals surface area (Å²) in [6.07, 6.45) is -5.81. The average Bonchev–Trinajstić information content (AvgIpc) is 3.15. The van der Waals surface area contributed by atoms with Crippen LogP contribution in [0.1, 0.15) is 34.3 Å². The Kier molecular flexibility index (Phi) is 6.58. The quantitative estimate of drug-likeness (QED) is 0.567. The molecule has 0 fully saturated rings. The monoisotopic (exact) mass is 434 g/mol. The van der Waals surface area contributed by atoms with Gasteiger partial charge in [0.2, 0.25) is 11.5 Å². The number of benzene rings is 2. The van der Waals surface area contributed by atoms with Gasteiger partial charge in [0.15, 0.2) is 0 Å². The first-order chi connectivity index (χ1) is 14.2. The molecule has 0 aliphatic heterocycles. The van der Waals surface area contributed by atoms with E-state index in [-0.39, 0.29) is 0 Å². The highest BCUT2D eigenvalue weighted by atomic mass is 32.1. The molecule has 0 aliphatic rings. The van der Waals surface area contributed by atoms with E-state index in [0.717, 1.165) is 11.1 Å². The van der Waals surface area contributed by atoms with Crippen molar-refractivity contribution in [3.63, 3.8) is 0 Å². The zero-order valence-corrected chi connectivity index (χ0v) is 17.0. The summed E-state index contributed by atoms with van der Waals surface area (Å²) in [5.41, 5.74) is -1.31. The first-order valence-electron chi connectivity index (χ1n) is 9.29. The summed E-state index contributed by atoms with van der Waals surface area (Å²) in [5, 5.41) is 14.0. The Hall–Kier alpha value is -2.71. The van der Waals surface area contributed by atoms with Crippen LogP contribution in [-0.4, -0.2) is 22.2 Å². The van der Waals surface area contributed by atoms with Gasteiger partial charge in [0, 0.05) is 11.1 Å². The van der Waals surface area contributed by atoms with Crippen LogP contribution >= 0.6 is 11.3 Å². The molecule has 2 aromatic carbocycles. The number of rotatable bonds is 7. The normalized spacial score (nSPS) is 14.7. The van der Waals surface area contributed by atoms with Gasteiger partial charge < -0.3 is 10.4 Å². The summed E-state index contributed by atoms with van der Waals surface area (Å²) < 4.78 is 41.1. The second kappa shape index (κ2) is 8.97. The van der Waals surface area contributed by atoms with Gasteiger partial charge in [-0.25, -0.2) is 4.98 Å². The lowest BCUT2D eigenvalue weighted by molar-refractivity contribution is -0.267. The first-order valence-corrected chi connectivity index (χ1v) is 10.2. The molecule has 0 saturated heterocycles.